The van der Waals surface area contributed by atoms with Crippen molar-refractivity contribution in [3.8, 4) is 11.5 Å². The normalized spacial score (nSPS) is 13.0. The number of ether oxygens (including phenoxy) is 2. The highest BCUT2D eigenvalue weighted by Gasteiger charge is 2.25. The number of rotatable bonds is 10. The highest BCUT2D eigenvalue weighted by Crippen LogP contribution is 2.34. The van der Waals surface area contributed by atoms with E-state index in [0.29, 0.717) is 36.9 Å². The summed E-state index contributed by atoms with van der Waals surface area (Å²) in [6.07, 6.45) is 0. The van der Waals surface area contributed by atoms with E-state index in [-0.39, 0.29) is 18.2 Å². The van der Waals surface area contributed by atoms with E-state index in [9.17, 15) is 13.2 Å². The first kappa shape index (κ1) is 22.3. The summed E-state index contributed by atoms with van der Waals surface area (Å²) in [5, 5.41) is 2.81. The molecule has 1 aliphatic rings. The van der Waals surface area contributed by atoms with Gasteiger partial charge < -0.3 is 14.8 Å². The van der Waals surface area contributed by atoms with Crippen LogP contribution >= 0.6 is 11.8 Å². The van der Waals surface area contributed by atoms with Crippen LogP contribution in [0, 0.1) is 0 Å². The fourth-order valence-corrected chi connectivity index (χ4v) is 4.79. The molecule has 2 aromatic rings. The van der Waals surface area contributed by atoms with Gasteiger partial charge in [-0.05, 0) is 24.6 Å². The molecule has 0 fully saturated rings. The molecule has 0 unspecified atom stereocenters. The van der Waals surface area contributed by atoms with Gasteiger partial charge in [-0.3, -0.25) is 9.10 Å². The molecule has 0 radical (unpaired) electrons. The molecule has 2 aromatic carbocycles. The lowest BCUT2D eigenvalue weighted by Crippen LogP contribution is -2.42. The van der Waals surface area contributed by atoms with Crippen molar-refractivity contribution in [2.75, 3.05) is 42.1 Å². The first-order valence-electron chi connectivity index (χ1n) is 9.78. The topological polar surface area (TPSA) is 84.9 Å². The number of sulfonamides is 1. The molecule has 0 aliphatic carbocycles. The van der Waals surface area contributed by atoms with Crippen LogP contribution in [-0.4, -0.2) is 52.1 Å². The Kier molecular flexibility index (Phi) is 7.87. The molecular weight excluding hydrogens is 424 g/mol. The Morgan fingerprint density at radius 2 is 1.83 bits per heavy atom. The Hall–Kier alpha value is -2.39. The van der Waals surface area contributed by atoms with Crippen molar-refractivity contribution >= 4 is 33.4 Å². The van der Waals surface area contributed by atoms with Crippen LogP contribution in [0.15, 0.2) is 48.5 Å². The lowest BCUT2D eigenvalue weighted by Gasteiger charge is -2.25. The van der Waals surface area contributed by atoms with Crippen LogP contribution in [0.5, 0.6) is 11.5 Å². The van der Waals surface area contributed by atoms with Crippen molar-refractivity contribution in [1.82, 2.24) is 5.32 Å². The van der Waals surface area contributed by atoms with Gasteiger partial charge in [-0.2, -0.15) is 11.8 Å². The molecule has 1 N–H and O–H groups in total. The van der Waals surface area contributed by atoms with Crippen LogP contribution in [0.2, 0.25) is 0 Å². The number of benzene rings is 2. The maximum atomic E-state index is 12.6. The summed E-state index contributed by atoms with van der Waals surface area (Å²) < 4.78 is 37.4. The minimum atomic E-state index is -3.64. The summed E-state index contributed by atoms with van der Waals surface area (Å²) in [5.41, 5.74) is 1.61. The van der Waals surface area contributed by atoms with E-state index in [1.54, 1.807) is 36.9 Å². The molecule has 30 heavy (non-hydrogen) atoms. The fourth-order valence-electron chi connectivity index (χ4n) is 2.91. The SMILES string of the molecule is CCS(=O)(=O)N(CC(=O)NCCSCc1ccccc1)c1ccc2c(c1)OCCO2. The third-order valence-electron chi connectivity index (χ3n) is 4.48. The first-order valence-corrected chi connectivity index (χ1v) is 12.5. The van der Waals surface area contributed by atoms with Crippen LogP contribution in [0.25, 0.3) is 0 Å². The number of hydrogen-bond donors (Lipinski definition) is 1. The molecule has 162 valence electrons. The van der Waals surface area contributed by atoms with E-state index in [1.807, 2.05) is 18.2 Å². The van der Waals surface area contributed by atoms with Gasteiger partial charge in [-0.1, -0.05) is 30.3 Å². The van der Waals surface area contributed by atoms with E-state index >= 15 is 0 Å². The lowest BCUT2D eigenvalue weighted by molar-refractivity contribution is -0.119. The second-order valence-electron chi connectivity index (χ2n) is 6.62. The van der Waals surface area contributed by atoms with Gasteiger partial charge in [0.2, 0.25) is 15.9 Å². The molecule has 0 aromatic heterocycles. The fraction of sp³-hybridized carbons (Fsp3) is 0.381. The number of carbonyl (C=O) groups excluding carboxylic acids is 1. The van der Waals surface area contributed by atoms with E-state index in [1.165, 1.54) is 5.56 Å². The minimum absolute atomic E-state index is 0.109. The van der Waals surface area contributed by atoms with E-state index < -0.39 is 10.0 Å². The number of amides is 1. The smallest absolute Gasteiger partial charge is 0.240 e. The van der Waals surface area contributed by atoms with Gasteiger partial charge in [-0.15, -0.1) is 0 Å². The zero-order chi connectivity index (χ0) is 21.4. The van der Waals surface area contributed by atoms with Crippen LogP contribution in [0.4, 0.5) is 5.69 Å². The van der Waals surface area contributed by atoms with Gasteiger partial charge in [0.1, 0.15) is 19.8 Å². The van der Waals surface area contributed by atoms with E-state index in [4.69, 9.17) is 9.47 Å². The largest absolute Gasteiger partial charge is 0.486 e. The van der Waals surface area contributed by atoms with Crippen molar-refractivity contribution in [2.45, 2.75) is 12.7 Å². The van der Waals surface area contributed by atoms with Gasteiger partial charge in [-0.25, -0.2) is 8.42 Å². The molecule has 0 atom stereocenters. The summed E-state index contributed by atoms with van der Waals surface area (Å²) in [6, 6.07) is 15.0. The molecular formula is C21H26N2O5S2. The summed E-state index contributed by atoms with van der Waals surface area (Å²) in [5.74, 6) is 2.20. The Balaban J connectivity index is 1.56. The highest BCUT2D eigenvalue weighted by atomic mass is 32.2. The summed E-state index contributed by atoms with van der Waals surface area (Å²) >= 11 is 1.71. The van der Waals surface area contributed by atoms with Gasteiger partial charge in [0.15, 0.2) is 11.5 Å². The van der Waals surface area contributed by atoms with Crippen molar-refractivity contribution in [3.05, 3.63) is 54.1 Å². The third kappa shape index (κ3) is 6.06. The molecule has 3 rings (SSSR count). The van der Waals surface area contributed by atoms with Crippen molar-refractivity contribution in [2.24, 2.45) is 0 Å². The van der Waals surface area contributed by atoms with E-state index in [0.717, 1.165) is 15.8 Å². The molecule has 1 amide bonds. The zero-order valence-corrected chi connectivity index (χ0v) is 18.5. The van der Waals surface area contributed by atoms with Gasteiger partial charge in [0.25, 0.3) is 0 Å². The Morgan fingerprint density at radius 1 is 1.10 bits per heavy atom. The van der Waals surface area contributed by atoms with Gasteiger partial charge in [0.05, 0.1) is 11.4 Å². The minimum Gasteiger partial charge on any atom is -0.486 e. The molecule has 0 saturated heterocycles. The molecule has 0 bridgehead atoms. The maximum Gasteiger partial charge on any atom is 0.240 e. The second-order valence-corrected chi connectivity index (χ2v) is 9.91. The summed E-state index contributed by atoms with van der Waals surface area (Å²) in [7, 11) is -3.64. The van der Waals surface area contributed by atoms with Crippen molar-refractivity contribution < 1.29 is 22.7 Å². The Morgan fingerprint density at radius 3 is 2.57 bits per heavy atom. The monoisotopic (exact) mass is 450 g/mol. The molecule has 7 nitrogen and oxygen atoms in total. The number of thioether (sulfide) groups is 1. The number of anilines is 1. The maximum absolute atomic E-state index is 12.6. The number of nitrogens with zero attached hydrogens (tertiary/aromatic N) is 1. The van der Waals surface area contributed by atoms with E-state index in [2.05, 4.69) is 17.4 Å². The summed E-state index contributed by atoms with van der Waals surface area (Å²) in [4.78, 5) is 12.4. The van der Waals surface area contributed by atoms with Crippen LogP contribution in [0.3, 0.4) is 0 Å². The highest BCUT2D eigenvalue weighted by molar-refractivity contribution is 7.98. The van der Waals surface area contributed by atoms with Crippen LogP contribution < -0.4 is 19.1 Å². The number of nitrogens with one attached hydrogen (secondary N) is 1. The quantitative estimate of drug-likeness (QED) is 0.560. The molecule has 1 heterocycles. The lowest BCUT2D eigenvalue weighted by atomic mass is 10.2. The Labute approximate surface area is 181 Å². The number of carbonyl (C=O) groups is 1. The standard InChI is InChI=1S/C21H26N2O5S2/c1-2-30(25,26)23(18-8-9-19-20(14-18)28-12-11-27-19)15-21(24)22-10-13-29-16-17-6-4-3-5-7-17/h3-9,14H,2,10-13,15-16H2,1H3,(H,22,24). The second kappa shape index (κ2) is 10.6. The predicted molar refractivity (Wildman–Crippen MR) is 120 cm³/mol. The molecule has 0 spiro atoms. The molecule has 9 heteroatoms. The molecule has 1 aliphatic heterocycles. The number of fused-ring (bicyclic) bond motifs is 1. The predicted octanol–water partition coefficient (Wildman–Crippen LogP) is 2.66. The average molecular weight is 451 g/mol. The van der Waals surface area contributed by atoms with Crippen LogP contribution in [0.1, 0.15) is 12.5 Å². The third-order valence-corrected chi connectivity index (χ3v) is 7.25. The van der Waals surface area contributed by atoms with Gasteiger partial charge in [0, 0.05) is 24.1 Å². The van der Waals surface area contributed by atoms with Crippen molar-refractivity contribution in [1.29, 1.82) is 0 Å². The average Bonchev–Trinajstić information content (AvgIpc) is 2.77. The number of hydrogen-bond acceptors (Lipinski definition) is 6. The van der Waals surface area contributed by atoms with Crippen molar-refractivity contribution in [3.63, 3.8) is 0 Å². The summed E-state index contributed by atoms with van der Waals surface area (Å²) in [6.45, 7) is 2.60. The molecule has 0 saturated carbocycles. The zero-order valence-electron chi connectivity index (χ0n) is 16.9. The van der Waals surface area contributed by atoms with Crippen LogP contribution in [-0.2, 0) is 20.6 Å². The first-order chi connectivity index (χ1) is 14.5. The van der Waals surface area contributed by atoms with Gasteiger partial charge >= 0.3 is 0 Å². The Bertz CT molecular complexity index is 951.